The first-order valence-electron chi connectivity index (χ1n) is 9.57. The van der Waals surface area contributed by atoms with Crippen molar-refractivity contribution in [3.63, 3.8) is 0 Å². The molecule has 1 aliphatic heterocycles. The Bertz CT molecular complexity index is 659. The van der Waals surface area contributed by atoms with Crippen LogP contribution >= 0.6 is 0 Å². The lowest BCUT2D eigenvalue weighted by Crippen LogP contribution is -3.14. The van der Waals surface area contributed by atoms with Crippen molar-refractivity contribution in [2.75, 3.05) is 50.0 Å². The van der Waals surface area contributed by atoms with E-state index in [0.29, 0.717) is 17.9 Å². The third kappa shape index (κ3) is 8.03. The van der Waals surface area contributed by atoms with Gasteiger partial charge in [-0.05, 0) is 24.3 Å². The van der Waals surface area contributed by atoms with Gasteiger partial charge in [-0.2, -0.15) is 0 Å². The Hall–Kier alpha value is -2.49. The van der Waals surface area contributed by atoms with Gasteiger partial charge in [0.15, 0.2) is 0 Å². The number of nitrogens with two attached hydrogens (primary N) is 1. The van der Waals surface area contributed by atoms with E-state index in [1.165, 1.54) is 11.8 Å². The van der Waals surface area contributed by atoms with Crippen LogP contribution < -0.4 is 26.0 Å². The molecule has 1 aromatic rings. The fourth-order valence-electron chi connectivity index (χ4n) is 3.10. The molecule has 2 amide bonds. The summed E-state index contributed by atoms with van der Waals surface area (Å²) >= 11 is 0. The first-order valence-corrected chi connectivity index (χ1v) is 9.57. The summed E-state index contributed by atoms with van der Waals surface area (Å²) in [4.78, 5) is 36.0. The van der Waals surface area contributed by atoms with Gasteiger partial charge in [-0.25, -0.2) is 0 Å². The van der Waals surface area contributed by atoms with E-state index in [-0.39, 0.29) is 12.3 Å². The molecule has 1 saturated heterocycles. The number of hydrogen-bond acceptors (Lipinski definition) is 5. The van der Waals surface area contributed by atoms with Crippen molar-refractivity contribution in [2.24, 2.45) is 0 Å². The van der Waals surface area contributed by atoms with Crippen LogP contribution in [0.5, 0.6) is 0 Å². The molecule has 154 valence electrons. The molecule has 28 heavy (non-hydrogen) atoms. The summed E-state index contributed by atoms with van der Waals surface area (Å²) in [5, 5.41) is 18.3. The molecule has 5 N–H and O–H groups in total. The van der Waals surface area contributed by atoms with Gasteiger partial charge in [0, 0.05) is 24.7 Å². The molecule has 2 rings (SSSR count). The van der Waals surface area contributed by atoms with Gasteiger partial charge in [-0.1, -0.05) is 0 Å². The van der Waals surface area contributed by atoms with Crippen molar-refractivity contribution >= 4 is 29.2 Å². The minimum absolute atomic E-state index is 0.166. The van der Waals surface area contributed by atoms with Crippen LogP contribution in [-0.2, 0) is 19.1 Å². The number of aliphatic carboxylic acids is 1. The zero-order valence-electron chi connectivity index (χ0n) is 16.2. The zero-order valence-corrected chi connectivity index (χ0v) is 16.2. The smallest absolute Gasteiger partial charge is 0.230 e. The third-order valence-electron chi connectivity index (χ3n) is 4.58. The maximum Gasteiger partial charge on any atom is 0.230 e. The minimum atomic E-state index is -1.24. The highest BCUT2D eigenvalue weighted by Crippen LogP contribution is 2.13. The van der Waals surface area contributed by atoms with Gasteiger partial charge in [0.2, 0.25) is 11.8 Å². The molecular formula is C19H29N4O5+. The highest BCUT2D eigenvalue weighted by Gasteiger charge is 2.19. The fraction of sp³-hybridized carbons (Fsp3) is 0.526. The molecule has 0 radical (unpaired) electrons. The molecule has 1 atom stereocenters. The summed E-state index contributed by atoms with van der Waals surface area (Å²) in [6.45, 7) is 6.50. The highest BCUT2D eigenvalue weighted by atomic mass is 16.5. The molecule has 0 spiro atoms. The maximum absolute atomic E-state index is 12.2. The average molecular weight is 393 g/mol. The molecule has 1 heterocycles. The Morgan fingerprint density at radius 1 is 1.14 bits per heavy atom. The van der Waals surface area contributed by atoms with Crippen molar-refractivity contribution in [2.45, 2.75) is 25.8 Å². The van der Waals surface area contributed by atoms with Crippen LogP contribution in [0, 0.1) is 0 Å². The van der Waals surface area contributed by atoms with E-state index in [2.05, 4.69) is 10.6 Å². The van der Waals surface area contributed by atoms with Gasteiger partial charge >= 0.3 is 0 Å². The Morgan fingerprint density at radius 2 is 1.75 bits per heavy atom. The van der Waals surface area contributed by atoms with E-state index in [0.717, 1.165) is 39.3 Å². The number of carboxylic acid groups (broad SMARTS) is 1. The van der Waals surface area contributed by atoms with Crippen LogP contribution in [0.25, 0.3) is 0 Å². The van der Waals surface area contributed by atoms with Gasteiger partial charge < -0.3 is 35.5 Å². The van der Waals surface area contributed by atoms with Crippen molar-refractivity contribution in [1.29, 1.82) is 0 Å². The van der Waals surface area contributed by atoms with Crippen molar-refractivity contribution in [3.8, 4) is 0 Å². The number of benzene rings is 1. The Morgan fingerprint density at radius 3 is 2.32 bits per heavy atom. The molecule has 1 aromatic carbocycles. The largest absolute Gasteiger partial charge is 0.544 e. The number of hydrogen-bond donors (Lipinski definition) is 4. The van der Waals surface area contributed by atoms with Crippen LogP contribution in [0.3, 0.4) is 0 Å². The van der Waals surface area contributed by atoms with Crippen LogP contribution in [-0.4, -0.2) is 63.2 Å². The number of carboxylic acids is 1. The summed E-state index contributed by atoms with van der Waals surface area (Å²) in [6, 6.07) is 5.69. The van der Waals surface area contributed by atoms with Gasteiger partial charge in [-0.3, -0.25) is 9.59 Å². The third-order valence-corrected chi connectivity index (χ3v) is 4.58. The van der Waals surface area contributed by atoms with Crippen LogP contribution in [0.15, 0.2) is 24.3 Å². The summed E-state index contributed by atoms with van der Waals surface area (Å²) < 4.78 is 5.31. The number of morpholine rings is 1. The monoisotopic (exact) mass is 393 g/mol. The fourth-order valence-corrected chi connectivity index (χ4v) is 3.10. The molecule has 0 unspecified atom stereocenters. The number of amides is 2. The number of quaternary nitrogens is 2. The van der Waals surface area contributed by atoms with Crippen LogP contribution in [0.4, 0.5) is 11.4 Å². The highest BCUT2D eigenvalue weighted by molar-refractivity contribution is 5.94. The summed E-state index contributed by atoms with van der Waals surface area (Å²) in [5.41, 5.74) is 1.15. The Balaban J connectivity index is 1.73. The van der Waals surface area contributed by atoms with E-state index < -0.39 is 17.9 Å². The summed E-state index contributed by atoms with van der Waals surface area (Å²) in [5.74, 6) is -1.81. The number of ether oxygens (including phenoxy) is 1. The van der Waals surface area contributed by atoms with Gasteiger partial charge in [0.05, 0.1) is 38.7 Å². The van der Waals surface area contributed by atoms with Crippen molar-refractivity contribution in [3.05, 3.63) is 24.3 Å². The molecule has 9 heteroatoms. The van der Waals surface area contributed by atoms with E-state index in [1.54, 1.807) is 29.6 Å². The van der Waals surface area contributed by atoms with Gasteiger partial charge in [0.1, 0.15) is 19.1 Å². The maximum atomic E-state index is 12.2. The molecule has 1 aliphatic rings. The molecular weight excluding hydrogens is 364 g/mol. The number of carbonyl (C=O) groups excluding carboxylic acids is 3. The number of carbonyl (C=O) groups is 3. The van der Waals surface area contributed by atoms with Crippen LogP contribution in [0.2, 0.25) is 0 Å². The summed E-state index contributed by atoms with van der Waals surface area (Å²) in [6.07, 6.45) is 0.700. The first-order chi connectivity index (χ1) is 13.4. The van der Waals surface area contributed by atoms with Gasteiger partial charge in [-0.15, -0.1) is 0 Å². The Kier molecular flexibility index (Phi) is 8.86. The SMILES string of the molecule is CC(=O)Nc1ccc(NC(=O)C[C@H]([NH2+]CCC[NH+]2CCOCC2)C(=O)[O-])cc1. The normalized spacial score (nSPS) is 15.6. The number of anilines is 2. The first kappa shape index (κ1) is 21.8. The number of nitrogens with one attached hydrogen (secondary N) is 3. The van der Waals surface area contributed by atoms with E-state index >= 15 is 0 Å². The van der Waals surface area contributed by atoms with Crippen molar-refractivity contribution < 1.29 is 34.4 Å². The molecule has 0 aliphatic carbocycles. The summed E-state index contributed by atoms with van der Waals surface area (Å²) in [7, 11) is 0. The predicted molar refractivity (Wildman–Crippen MR) is 101 cm³/mol. The van der Waals surface area contributed by atoms with E-state index in [1.807, 2.05) is 0 Å². The lowest BCUT2D eigenvalue weighted by molar-refractivity contribution is -0.909. The topological polar surface area (TPSA) is 129 Å². The van der Waals surface area contributed by atoms with E-state index in [9.17, 15) is 19.5 Å². The molecule has 9 nitrogen and oxygen atoms in total. The zero-order chi connectivity index (χ0) is 20.4. The lowest BCUT2D eigenvalue weighted by Gasteiger charge is -2.23. The second-order valence-electron chi connectivity index (χ2n) is 6.93. The second-order valence-corrected chi connectivity index (χ2v) is 6.93. The molecule has 1 fully saturated rings. The average Bonchev–Trinajstić information content (AvgIpc) is 2.66. The molecule has 0 aromatic heterocycles. The molecule has 0 bridgehead atoms. The van der Waals surface area contributed by atoms with Gasteiger partial charge in [0.25, 0.3) is 0 Å². The second kappa shape index (κ2) is 11.4. The lowest BCUT2D eigenvalue weighted by atomic mass is 10.2. The van der Waals surface area contributed by atoms with Crippen LogP contribution in [0.1, 0.15) is 19.8 Å². The van der Waals surface area contributed by atoms with Crippen molar-refractivity contribution in [1.82, 2.24) is 0 Å². The standard InChI is InChI=1S/C19H28N4O5/c1-14(24)21-15-3-5-16(6-4-15)22-18(25)13-17(19(26)27)20-7-2-8-23-9-11-28-12-10-23/h3-6,17,20H,2,7-13H2,1H3,(H,21,24)(H,22,25)(H,26,27)/p+1/t17-/m0/s1. The van der Waals surface area contributed by atoms with E-state index in [4.69, 9.17) is 4.74 Å². The molecule has 0 saturated carbocycles. The minimum Gasteiger partial charge on any atom is -0.544 e. The Labute approximate surface area is 164 Å². The number of rotatable bonds is 10. The predicted octanol–water partition coefficient (Wildman–Crippen LogP) is -3.04. The quantitative estimate of drug-likeness (QED) is 0.314.